The summed E-state index contributed by atoms with van der Waals surface area (Å²) in [7, 11) is 2.12. The number of hydrogen-bond donors (Lipinski definition) is 2. The Kier molecular flexibility index (Phi) is 4.73. The number of carbonyl (C=O) groups excluding carboxylic acids is 1. The zero-order valence-corrected chi connectivity index (χ0v) is 14.8. The molecule has 1 fully saturated rings. The molecule has 2 aromatic rings. The first-order valence-corrected chi connectivity index (χ1v) is 8.42. The fourth-order valence-corrected chi connectivity index (χ4v) is 3.07. The average molecular weight is 353 g/mol. The van der Waals surface area contributed by atoms with Crippen LogP contribution in [0, 0.1) is 18.3 Å². The summed E-state index contributed by atoms with van der Waals surface area (Å²) in [4.78, 5) is 32.7. The molecule has 8 heteroatoms. The Morgan fingerprint density at radius 1 is 1.42 bits per heavy atom. The fourth-order valence-electron chi connectivity index (χ4n) is 3.07. The third-order valence-corrected chi connectivity index (χ3v) is 4.66. The van der Waals surface area contributed by atoms with Crippen molar-refractivity contribution in [3.63, 3.8) is 0 Å². The first-order valence-electron chi connectivity index (χ1n) is 8.42. The Balaban J connectivity index is 2.28. The molecule has 3 heterocycles. The molecule has 3 rings (SSSR count). The number of hydrogen-bond acceptors (Lipinski definition) is 5. The largest absolute Gasteiger partial charge is 0.365 e. The van der Waals surface area contributed by atoms with Crippen LogP contribution in [0.15, 0.2) is 28.7 Å². The number of pyridine rings is 1. The highest BCUT2D eigenvalue weighted by molar-refractivity contribution is 6.01. The van der Waals surface area contributed by atoms with Gasteiger partial charge < -0.3 is 15.5 Å². The van der Waals surface area contributed by atoms with Gasteiger partial charge in [0.05, 0.1) is 38.8 Å². The standard InChI is InChI=1S/C18H20N6O2/c1-12-4-3-5-24-16(12)21-17(23-8-6-22(2)7-9-23)14(18(24)26)10-13(11-19)15(20)25/h3-5,10H,6-9H2,1-2H3,(H2,20,25)/p+1/b13-10-. The summed E-state index contributed by atoms with van der Waals surface area (Å²) < 4.78 is 1.43. The summed E-state index contributed by atoms with van der Waals surface area (Å²) in [5.41, 5.74) is 6.31. The van der Waals surface area contributed by atoms with E-state index in [1.165, 1.54) is 15.4 Å². The molecule has 1 aliphatic rings. The molecule has 0 spiro atoms. The smallest absolute Gasteiger partial charge is 0.267 e. The van der Waals surface area contributed by atoms with E-state index >= 15 is 0 Å². The van der Waals surface area contributed by atoms with Crippen LogP contribution in [0.4, 0.5) is 5.82 Å². The predicted octanol–water partition coefficient (Wildman–Crippen LogP) is -1.27. The van der Waals surface area contributed by atoms with Gasteiger partial charge in [-0.1, -0.05) is 6.07 Å². The highest BCUT2D eigenvalue weighted by Gasteiger charge is 2.23. The molecule has 134 valence electrons. The minimum absolute atomic E-state index is 0.211. The summed E-state index contributed by atoms with van der Waals surface area (Å²) >= 11 is 0. The quantitative estimate of drug-likeness (QED) is 0.528. The van der Waals surface area contributed by atoms with Crippen LogP contribution >= 0.6 is 0 Å². The monoisotopic (exact) mass is 353 g/mol. The fraction of sp³-hybridized carbons (Fsp3) is 0.333. The van der Waals surface area contributed by atoms with Gasteiger partial charge in [0, 0.05) is 6.20 Å². The summed E-state index contributed by atoms with van der Waals surface area (Å²) in [5.74, 6) is -0.374. The number of fused-ring (bicyclic) bond motifs is 1. The zero-order chi connectivity index (χ0) is 18.8. The van der Waals surface area contributed by atoms with E-state index in [0.29, 0.717) is 11.5 Å². The molecule has 0 aliphatic carbocycles. The second-order valence-corrected chi connectivity index (χ2v) is 6.52. The van der Waals surface area contributed by atoms with Crippen LogP contribution in [0.5, 0.6) is 0 Å². The molecule has 8 nitrogen and oxygen atoms in total. The lowest BCUT2D eigenvalue weighted by molar-refractivity contribution is -0.880. The van der Waals surface area contributed by atoms with Gasteiger partial charge in [0.1, 0.15) is 23.1 Å². The van der Waals surface area contributed by atoms with Crippen LogP contribution in [0.1, 0.15) is 11.1 Å². The van der Waals surface area contributed by atoms with Crippen molar-refractivity contribution in [3.05, 3.63) is 45.4 Å². The predicted molar refractivity (Wildman–Crippen MR) is 97.8 cm³/mol. The Bertz CT molecular complexity index is 993. The van der Waals surface area contributed by atoms with E-state index in [9.17, 15) is 14.9 Å². The topological polar surface area (TPSA) is 109 Å². The number of aryl methyl sites for hydroxylation is 1. The van der Waals surface area contributed by atoms with E-state index in [1.54, 1.807) is 18.3 Å². The molecule has 0 aromatic carbocycles. The van der Waals surface area contributed by atoms with Crippen molar-refractivity contribution in [1.29, 1.82) is 5.26 Å². The van der Waals surface area contributed by atoms with Crippen LogP contribution in [-0.2, 0) is 4.79 Å². The molecule has 26 heavy (non-hydrogen) atoms. The van der Waals surface area contributed by atoms with Crippen LogP contribution in [0.25, 0.3) is 11.7 Å². The van der Waals surface area contributed by atoms with Gasteiger partial charge in [-0.25, -0.2) is 4.98 Å². The number of anilines is 1. The van der Waals surface area contributed by atoms with E-state index in [0.717, 1.165) is 31.7 Å². The number of rotatable bonds is 3. The maximum Gasteiger partial charge on any atom is 0.267 e. The lowest BCUT2D eigenvalue weighted by atomic mass is 10.1. The van der Waals surface area contributed by atoms with Crippen molar-refractivity contribution in [1.82, 2.24) is 9.38 Å². The number of nitriles is 1. The minimum Gasteiger partial charge on any atom is -0.365 e. The van der Waals surface area contributed by atoms with Crippen molar-refractivity contribution in [2.45, 2.75) is 6.92 Å². The maximum absolute atomic E-state index is 13.1. The summed E-state index contributed by atoms with van der Waals surface area (Å²) in [5, 5.41) is 9.18. The van der Waals surface area contributed by atoms with Crippen molar-refractivity contribution in [2.75, 3.05) is 38.1 Å². The SMILES string of the molecule is Cc1cccn2c(=O)c(/C=C(/C#N)C(N)=O)c(N3CC[NH+](C)CC3)nc12. The van der Waals surface area contributed by atoms with Crippen LogP contribution < -0.4 is 21.1 Å². The van der Waals surface area contributed by atoms with Crippen LogP contribution in [0.3, 0.4) is 0 Å². The second-order valence-electron chi connectivity index (χ2n) is 6.52. The summed E-state index contributed by atoms with van der Waals surface area (Å²) in [6.07, 6.45) is 2.89. The summed E-state index contributed by atoms with van der Waals surface area (Å²) in [6.45, 7) is 5.19. The van der Waals surface area contributed by atoms with Gasteiger partial charge in [0.15, 0.2) is 0 Å². The number of quaternary nitrogens is 1. The van der Waals surface area contributed by atoms with Crippen molar-refractivity contribution in [3.8, 4) is 6.07 Å². The van der Waals surface area contributed by atoms with E-state index in [2.05, 4.69) is 7.05 Å². The molecule has 0 radical (unpaired) electrons. The molecule has 1 saturated heterocycles. The van der Waals surface area contributed by atoms with Gasteiger partial charge in [0.2, 0.25) is 0 Å². The molecule has 0 saturated carbocycles. The molecular formula is C18H21N6O2+. The van der Waals surface area contributed by atoms with Gasteiger partial charge >= 0.3 is 0 Å². The number of nitrogens with two attached hydrogens (primary N) is 1. The van der Waals surface area contributed by atoms with Gasteiger partial charge in [-0.15, -0.1) is 0 Å². The van der Waals surface area contributed by atoms with E-state index in [1.807, 2.05) is 17.9 Å². The van der Waals surface area contributed by atoms with Gasteiger partial charge in [-0.3, -0.25) is 14.0 Å². The lowest BCUT2D eigenvalue weighted by Gasteiger charge is -2.31. The maximum atomic E-state index is 13.1. The molecule has 0 atom stereocenters. The Labute approximate surface area is 150 Å². The number of nitrogens with one attached hydrogen (secondary N) is 1. The van der Waals surface area contributed by atoms with Crippen molar-refractivity contribution < 1.29 is 9.69 Å². The third kappa shape index (κ3) is 3.17. The lowest BCUT2D eigenvalue weighted by Crippen LogP contribution is -3.12. The molecule has 0 unspecified atom stereocenters. The minimum atomic E-state index is -0.866. The Hall–Kier alpha value is -3.18. The number of nitrogens with zero attached hydrogens (tertiary/aromatic N) is 4. The first kappa shape index (κ1) is 17.6. The van der Waals surface area contributed by atoms with E-state index in [-0.39, 0.29) is 16.7 Å². The highest BCUT2D eigenvalue weighted by atomic mass is 16.1. The van der Waals surface area contributed by atoms with Gasteiger partial charge in [-0.2, -0.15) is 5.26 Å². The molecular weight excluding hydrogens is 332 g/mol. The molecule has 1 aliphatic heterocycles. The first-order chi connectivity index (χ1) is 12.4. The molecule has 1 amide bonds. The number of piperazine rings is 1. The van der Waals surface area contributed by atoms with Crippen LogP contribution in [-0.4, -0.2) is 48.5 Å². The number of aromatic nitrogens is 2. The zero-order valence-electron chi connectivity index (χ0n) is 14.8. The van der Waals surface area contributed by atoms with Crippen molar-refractivity contribution >= 4 is 23.4 Å². The Morgan fingerprint density at radius 3 is 2.73 bits per heavy atom. The van der Waals surface area contributed by atoms with Crippen LogP contribution in [0.2, 0.25) is 0 Å². The molecule has 2 aromatic heterocycles. The molecule has 3 N–H and O–H groups in total. The van der Waals surface area contributed by atoms with Gasteiger partial charge in [-0.05, 0) is 24.6 Å². The highest BCUT2D eigenvalue weighted by Crippen LogP contribution is 2.20. The normalized spacial score (nSPS) is 15.9. The van der Waals surface area contributed by atoms with Gasteiger partial charge in [0.25, 0.3) is 11.5 Å². The molecule has 0 bridgehead atoms. The van der Waals surface area contributed by atoms with E-state index in [4.69, 9.17) is 10.7 Å². The van der Waals surface area contributed by atoms with Crippen molar-refractivity contribution in [2.24, 2.45) is 5.73 Å². The number of amides is 1. The number of carbonyl (C=O) groups is 1. The Morgan fingerprint density at radius 2 is 2.12 bits per heavy atom. The summed E-state index contributed by atoms with van der Waals surface area (Å²) in [6, 6.07) is 5.41. The number of primary amides is 1. The van der Waals surface area contributed by atoms with E-state index < -0.39 is 5.91 Å². The number of likely N-dealkylation sites (N-methyl/N-ethyl adjacent to an activating group) is 1. The third-order valence-electron chi connectivity index (χ3n) is 4.66. The average Bonchev–Trinajstić information content (AvgIpc) is 2.62. The second kappa shape index (κ2) is 6.98.